The molecule has 3 aromatic heterocycles. The number of aromatic nitrogens is 4. The summed E-state index contributed by atoms with van der Waals surface area (Å²) in [5.41, 5.74) is 6.57. The topological polar surface area (TPSA) is 142 Å². The Hall–Kier alpha value is -4.96. The Bertz CT molecular complexity index is 2050. The van der Waals surface area contributed by atoms with E-state index >= 15 is 0 Å². The largest absolute Gasteiger partial charge is 0.490 e. The van der Waals surface area contributed by atoms with Crippen molar-refractivity contribution in [3.63, 3.8) is 0 Å². The van der Waals surface area contributed by atoms with Crippen LogP contribution in [0.4, 0.5) is 30.4 Å². The van der Waals surface area contributed by atoms with E-state index < -0.39 is 22.4 Å². The normalized spacial score (nSPS) is 15.7. The summed E-state index contributed by atoms with van der Waals surface area (Å²) in [6.07, 6.45) is 0.303. The third-order valence-electron chi connectivity index (χ3n) is 7.60. The predicted octanol–water partition coefficient (Wildman–Crippen LogP) is 4.31. The van der Waals surface area contributed by atoms with Crippen molar-refractivity contribution in [3.05, 3.63) is 78.4 Å². The van der Waals surface area contributed by atoms with Crippen molar-refractivity contribution in [2.45, 2.75) is 19.0 Å². The predicted molar refractivity (Wildman–Crippen MR) is 165 cm³/mol. The maximum atomic E-state index is 12.3. The number of carboxylic acids is 1. The van der Waals surface area contributed by atoms with Crippen LogP contribution in [0.1, 0.15) is 11.4 Å². The molecule has 0 atom stereocenters. The number of pyridine rings is 1. The second kappa shape index (κ2) is 12.1. The second-order valence-corrected chi connectivity index (χ2v) is 12.3. The molecular formula is C30H28F3N7O5S. The number of nitrogens with zero attached hydrogens (tertiary/aromatic N) is 6. The zero-order chi connectivity index (χ0) is 32.6. The molecule has 0 aliphatic carbocycles. The minimum atomic E-state index is -5.08. The Morgan fingerprint density at radius 1 is 1.02 bits per heavy atom. The molecule has 5 heterocycles. The minimum Gasteiger partial charge on any atom is -0.475 e. The first kappa shape index (κ1) is 31.0. The van der Waals surface area contributed by atoms with Crippen LogP contribution in [0.3, 0.4) is 0 Å². The zero-order valence-corrected chi connectivity index (χ0v) is 25.2. The number of hydrogen-bond acceptors (Lipinski definition) is 8. The summed E-state index contributed by atoms with van der Waals surface area (Å²) in [6.45, 7) is 2.79. The van der Waals surface area contributed by atoms with Crippen LogP contribution in [0, 0.1) is 0 Å². The highest BCUT2D eigenvalue weighted by molar-refractivity contribution is 7.94. The first-order valence-electron chi connectivity index (χ1n) is 14.2. The lowest BCUT2D eigenvalue weighted by Gasteiger charge is -2.28. The summed E-state index contributed by atoms with van der Waals surface area (Å²) in [4.78, 5) is 25.8. The SMILES string of the molecule is CN1c2cc(-c3cnc(N4CCOCC4)c4nc(CCc5ccc6ccccc6n5)cn34)ccc2NS1(=O)=O.O=C(O)C(F)(F)F. The van der Waals surface area contributed by atoms with E-state index in [0.29, 0.717) is 24.6 Å². The second-order valence-electron chi connectivity index (χ2n) is 10.6. The number of imidazole rings is 1. The van der Waals surface area contributed by atoms with Gasteiger partial charge in [-0.2, -0.15) is 21.6 Å². The smallest absolute Gasteiger partial charge is 0.475 e. The number of morpholine rings is 1. The Morgan fingerprint density at radius 3 is 2.48 bits per heavy atom. The van der Waals surface area contributed by atoms with E-state index in [9.17, 15) is 21.6 Å². The molecule has 2 aliphatic heterocycles. The van der Waals surface area contributed by atoms with E-state index in [1.807, 2.05) is 36.5 Å². The molecule has 0 bridgehead atoms. The molecule has 0 saturated carbocycles. The number of aryl methyl sites for hydroxylation is 2. The molecule has 0 unspecified atom stereocenters. The van der Waals surface area contributed by atoms with Gasteiger partial charge in [0.05, 0.1) is 47.7 Å². The molecule has 2 aliphatic rings. The van der Waals surface area contributed by atoms with Crippen LogP contribution in [0.5, 0.6) is 0 Å². The first-order valence-corrected chi connectivity index (χ1v) is 15.6. The molecular weight excluding hydrogens is 627 g/mol. The summed E-state index contributed by atoms with van der Waals surface area (Å²) in [5, 5.41) is 8.25. The van der Waals surface area contributed by atoms with Crippen molar-refractivity contribution in [2.75, 3.05) is 47.3 Å². The molecule has 5 aromatic rings. The van der Waals surface area contributed by atoms with Crippen LogP contribution in [-0.4, -0.2) is 78.4 Å². The fourth-order valence-electron chi connectivity index (χ4n) is 5.22. The van der Waals surface area contributed by atoms with Crippen LogP contribution < -0.4 is 13.9 Å². The molecule has 12 nitrogen and oxygen atoms in total. The molecule has 16 heteroatoms. The number of para-hydroxylation sites is 1. The number of anilines is 3. The van der Waals surface area contributed by atoms with Gasteiger partial charge in [-0.25, -0.2) is 14.8 Å². The highest BCUT2D eigenvalue weighted by Gasteiger charge is 2.38. The van der Waals surface area contributed by atoms with Gasteiger partial charge in [0, 0.05) is 43.0 Å². The average Bonchev–Trinajstić information content (AvgIpc) is 3.57. The van der Waals surface area contributed by atoms with E-state index in [4.69, 9.17) is 29.6 Å². The van der Waals surface area contributed by atoms with Gasteiger partial charge >= 0.3 is 22.4 Å². The third kappa shape index (κ3) is 6.25. The van der Waals surface area contributed by atoms with E-state index in [1.54, 1.807) is 13.1 Å². The van der Waals surface area contributed by atoms with Gasteiger partial charge in [-0.15, -0.1) is 0 Å². The molecule has 2 N–H and O–H groups in total. The fourth-order valence-corrected chi connectivity index (χ4v) is 6.22. The number of benzene rings is 2. The summed E-state index contributed by atoms with van der Waals surface area (Å²) in [6, 6.07) is 17.9. The van der Waals surface area contributed by atoms with Crippen molar-refractivity contribution in [1.82, 2.24) is 19.4 Å². The number of fused-ring (bicyclic) bond motifs is 3. The van der Waals surface area contributed by atoms with Gasteiger partial charge in [-0.3, -0.25) is 18.4 Å². The van der Waals surface area contributed by atoms with Crippen molar-refractivity contribution >= 4 is 49.9 Å². The van der Waals surface area contributed by atoms with Crippen LogP contribution in [0.25, 0.3) is 27.8 Å². The third-order valence-corrected chi connectivity index (χ3v) is 9.00. The maximum absolute atomic E-state index is 12.3. The Kier molecular flexibility index (Phi) is 8.16. The summed E-state index contributed by atoms with van der Waals surface area (Å²) >= 11 is 0. The molecule has 0 radical (unpaired) electrons. The van der Waals surface area contributed by atoms with E-state index in [1.165, 1.54) is 4.31 Å². The molecule has 46 heavy (non-hydrogen) atoms. The lowest BCUT2D eigenvalue weighted by molar-refractivity contribution is -0.192. The summed E-state index contributed by atoms with van der Waals surface area (Å²) in [5.74, 6) is -1.94. The number of carbonyl (C=O) groups is 1. The first-order chi connectivity index (χ1) is 21.9. The highest BCUT2D eigenvalue weighted by atomic mass is 32.2. The molecule has 0 amide bonds. The summed E-state index contributed by atoms with van der Waals surface area (Å²) in [7, 11) is -2.02. The number of alkyl halides is 3. The standard InChI is InChI=1S/C28H27N7O3S.C2HF3O2/c1-33-25-16-20(7-11-24(25)32-39(33,36)37)26-17-29-27(34-12-14-38-15-13-34)28-31-22(18-35(26)28)10-9-21-8-6-19-4-2-3-5-23(19)30-21;3-2(4,5)1(6)7/h2-8,11,16-18,32H,9-10,12-15H2,1H3;(H,6,7). The number of rotatable bonds is 5. The molecule has 1 saturated heterocycles. The Balaban J connectivity index is 0.000000480. The summed E-state index contributed by atoms with van der Waals surface area (Å²) < 4.78 is 67.9. The molecule has 240 valence electrons. The van der Waals surface area contributed by atoms with E-state index in [-0.39, 0.29) is 0 Å². The van der Waals surface area contributed by atoms with Gasteiger partial charge in [0.1, 0.15) is 0 Å². The fraction of sp³-hybridized carbons (Fsp3) is 0.267. The number of halogens is 3. The van der Waals surface area contributed by atoms with Crippen molar-refractivity contribution in [1.29, 1.82) is 0 Å². The average molecular weight is 656 g/mol. The van der Waals surface area contributed by atoms with Gasteiger partial charge in [0.25, 0.3) is 0 Å². The van der Waals surface area contributed by atoms with Crippen molar-refractivity contribution < 1.29 is 36.2 Å². The van der Waals surface area contributed by atoms with Gasteiger partial charge in [0.2, 0.25) is 0 Å². The number of ether oxygens (including phenoxy) is 1. The van der Waals surface area contributed by atoms with Crippen LogP contribution in [0.15, 0.2) is 67.0 Å². The number of nitrogens with one attached hydrogen (secondary N) is 1. The van der Waals surface area contributed by atoms with Gasteiger partial charge < -0.3 is 14.7 Å². The zero-order valence-electron chi connectivity index (χ0n) is 24.4. The maximum Gasteiger partial charge on any atom is 0.490 e. The Morgan fingerprint density at radius 2 is 1.74 bits per heavy atom. The molecule has 2 aromatic carbocycles. The van der Waals surface area contributed by atoms with Crippen molar-refractivity contribution in [2.24, 2.45) is 0 Å². The monoisotopic (exact) mass is 655 g/mol. The van der Waals surface area contributed by atoms with Gasteiger partial charge in [0.15, 0.2) is 11.5 Å². The van der Waals surface area contributed by atoms with Gasteiger partial charge in [-0.05, 0) is 37.1 Å². The molecule has 0 spiro atoms. The van der Waals surface area contributed by atoms with Crippen LogP contribution in [0.2, 0.25) is 0 Å². The minimum absolute atomic E-state index is 0.560. The molecule has 7 rings (SSSR count). The molecule has 1 fully saturated rings. The van der Waals surface area contributed by atoms with E-state index in [2.05, 4.69) is 38.4 Å². The van der Waals surface area contributed by atoms with E-state index in [0.717, 1.165) is 70.9 Å². The number of hydrogen-bond donors (Lipinski definition) is 2. The number of aliphatic carboxylic acids is 1. The van der Waals surface area contributed by atoms with Gasteiger partial charge in [-0.1, -0.05) is 30.3 Å². The lowest BCUT2D eigenvalue weighted by Crippen LogP contribution is -2.37. The van der Waals surface area contributed by atoms with Crippen molar-refractivity contribution in [3.8, 4) is 11.3 Å². The highest BCUT2D eigenvalue weighted by Crippen LogP contribution is 2.38. The van der Waals surface area contributed by atoms with Crippen LogP contribution >= 0.6 is 0 Å². The Labute approximate surface area is 261 Å². The lowest BCUT2D eigenvalue weighted by atomic mass is 10.1. The quantitative estimate of drug-likeness (QED) is 0.283. The number of carboxylic acid groups (broad SMARTS) is 1. The van der Waals surface area contributed by atoms with Crippen LogP contribution in [-0.2, 0) is 32.6 Å².